The molecule has 148 valence electrons. The second-order valence-electron chi connectivity index (χ2n) is 7.61. The number of hydrogen-bond acceptors (Lipinski definition) is 4. The molecule has 0 aromatic heterocycles. The number of ether oxygens (including phenoxy) is 1. The van der Waals surface area contributed by atoms with Crippen molar-refractivity contribution in [2.45, 2.75) is 38.3 Å². The first-order valence-electron chi connectivity index (χ1n) is 9.91. The topological polar surface area (TPSA) is 61.9 Å². The average molecular weight is 373 g/mol. The third-order valence-electron chi connectivity index (χ3n) is 5.86. The van der Waals surface area contributed by atoms with E-state index in [0.29, 0.717) is 26.0 Å². The molecule has 1 fully saturated rings. The second kappa shape index (κ2) is 9.33. The van der Waals surface area contributed by atoms with E-state index in [2.05, 4.69) is 34.5 Å². The minimum absolute atomic E-state index is 0.0420. The molecule has 0 aliphatic carbocycles. The predicted octanol–water partition coefficient (Wildman–Crippen LogP) is 1.43. The van der Waals surface area contributed by atoms with Gasteiger partial charge >= 0.3 is 0 Å². The Morgan fingerprint density at radius 3 is 2.81 bits per heavy atom. The van der Waals surface area contributed by atoms with E-state index in [9.17, 15) is 9.59 Å². The van der Waals surface area contributed by atoms with Crippen LogP contribution < -0.4 is 5.32 Å². The Bertz CT molecular complexity index is 664. The number of piperidine rings is 1. The van der Waals surface area contributed by atoms with E-state index in [0.717, 1.165) is 32.5 Å². The fourth-order valence-electron chi connectivity index (χ4n) is 4.20. The van der Waals surface area contributed by atoms with Crippen LogP contribution >= 0.6 is 0 Å². The summed E-state index contributed by atoms with van der Waals surface area (Å²) in [5.74, 6) is -0.0543. The molecule has 2 amide bonds. The van der Waals surface area contributed by atoms with Crippen molar-refractivity contribution in [3.8, 4) is 0 Å². The highest BCUT2D eigenvalue weighted by atomic mass is 16.5. The molecular formula is C21H31N3O3. The van der Waals surface area contributed by atoms with Gasteiger partial charge in [-0.3, -0.25) is 14.5 Å². The number of methoxy groups -OCH3 is 1. The number of carbonyl (C=O) groups excluding carboxylic acids is 2. The number of likely N-dealkylation sites (N-methyl/N-ethyl adjacent to an activating group) is 1. The third-order valence-corrected chi connectivity index (χ3v) is 5.86. The summed E-state index contributed by atoms with van der Waals surface area (Å²) in [5, 5.41) is 3.08. The van der Waals surface area contributed by atoms with Crippen LogP contribution in [0.15, 0.2) is 24.3 Å². The molecular weight excluding hydrogens is 342 g/mol. The van der Waals surface area contributed by atoms with Crippen molar-refractivity contribution >= 4 is 11.8 Å². The fourth-order valence-corrected chi connectivity index (χ4v) is 4.20. The molecule has 0 saturated carbocycles. The Morgan fingerprint density at radius 1 is 1.26 bits per heavy atom. The standard InChI is InChI=1S/C21H31N3O3/c1-23-19(15-27-2)18(8-9-20(23)25)21(26)22-11-5-12-24-13-10-16-6-3-4-7-17(16)14-24/h3-4,6-7,18-19H,5,8-15H2,1-2H3,(H,22,26)/t18-,19-/m1/s1. The Morgan fingerprint density at radius 2 is 2.04 bits per heavy atom. The Hall–Kier alpha value is -1.92. The molecule has 6 nitrogen and oxygen atoms in total. The van der Waals surface area contributed by atoms with E-state index in [1.165, 1.54) is 11.1 Å². The highest BCUT2D eigenvalue weighted by Crippen LogP contribution is 2.24. The largest absolute Gasteiger partial charge is 0.383 e. The molecule has 2 heterocycles. The quantitative estimate of drug-likeness (QED) is 0.735. The van der Waals surface area contributed by atoms with Gasteiger partial charge in [-0.15, -0.1) is 0 Å². The lowest BCUT2D eigenvalue weighted by molar-refractivity contribution is -0.143. The molecule has 1 saturated heterocycles. The van der Waals surface area contributed by atoms with Crippen LogP contribution in [0.25, 0.3) is 0 Å². The van der Waals surface area contributed by atoms with Gasteiger partial charge in [0, 0.05) is 46.8 Å². The smallest absolute Gasteiger partial charge is 0.225 e. The van der Waals surface area contributed by atoms with Crippen LogP contribution in [0.5, 0.6) is 0 Å². The number of nitrogens with one attached hydrogen (secondary N) is 1. The van der Waals surface area contributed by atoms with Crippen molar-refractivity contribution in [3.05, 3.63) is 35.4 Å². The van der Waals surface area contributed by atoms with Crippen molar-refractivity contribution in [1.29, 1.82) is 0 Å². The van der Waals surface area contributed by atoms with E-state index in [1.807, 2.05) is 0 Å². The monoisotopic (exact) mass is 373 g/mol. The zero-order valence-electron chi connectivity index (χ0n) is 16.4. The molecule has 1 N–H and O–H groups in total. The Labute approximate surface area is 161 Å². The first-order valence-corrected chi connectivity index (χ1v) is 9.91. The molecule has 1 aromatic rings. The SMILES string of the molecule is COC[C@@H]1[C@H](C(=O)NCCCN2CCc3ccccc3C2)CCC(=O)N1C. The van der Waals surface area contributed by atoms with E-state index in [4.69, 9.17) is 4.74 Å². The summed E-state index contributed by atoms with van der Waals surface area (Å²) >= 11 is 0. The van der Waals surface area contributed by atoms with Crippen LogP contribution in [-0.4, -0.2) is 68.1 Å². The second-order valence-corrected chi connectivity index (χ2v) is 7.61. The first kappa shape index (κ1) is 19.8. The van der Waals surface area contributed by atoms with E-state index in [-0.39, 0.29) is 23.8 Å². The number of hydrogen-bond donors (Lipinski definition) is 1. The maximum atomic E-state index is 12.6. The minimum Gasteiger partial charge on any atom is -0.383 e. The van der Waals surface area contributed by atoms with Crippen molar-refractivity contribution < 1.29 is 14.3 Å². The molecule has 27 heavy (non-hydrogen) atoms. The maximum Gasteiger partial charge on any atom is 0.225 e. The maximum absolute atomic E-state index is 12.6. The van der Waals surface area contributed by atoms with Crippen LogP contribution in [-0.2, 0) is 27.3 Å². The number of nitrogens with zero attached hydrogens (tertiary/aromatic N) is 2. The zero-order chi connectivity index (χ0) is 19.2. The lowest BCUT2D eigenvalue weighted by Gasteiger charge is -2.37. The summed E-state index contributed by atoms with van der Waals surface area (Å²) in [4.78, 5) is 28.7. The molecule has 3 rings (SSSR count). The predicted molar refractivity (Wildman–Crippen MR) is 104 cm³/mol. The lowest BCUT2D eigenvalue weighted by atomic mass is 9.88. The number of carbonyl (C=O) groups is 2. The van der Waals surface area contributed by atoms with Crippen LogP contribution in [0.4, 0.5) is 0 Å². The van der Waals surface area contributed by atoms with Gasteiger partial charge in [-0.2, -0.15) is 0 Å². The summed E-state index contributed by atoms with van der Waals surface area (Å²) in [6.07, 6.45) is 3.07. The van der Waals surface area contributed by atoms with Crippen molar-refractivity contribution in [1.82, 2.24) is 15.1 Å². The lowest BCUT2D eigenvalue weighted by Crippen LogP contribution is -2.53. The Balaban J connectivity index is 1.42. The van der Waals surface area contributed by atoms with E-state index >= 15 is 0 Å². The minimum atomic E-state index is -0.186. The number of rotatable bonds is 7. The molecule has 2 atom stereocenters. The van der Waals surface area contributed by atoms with Gasteiger partial charge in [0.2, 0.25) is 11.8 Å². The van der Waals surface area contributed by atoms with Crippen molar-refractivity contribution in [2.24, 2.45) is 5.92 Å². The summed E-state index contributed by atoms with van der Waals surface area (Å²) in [6.45, 7) is 4.13. The zero-order valence-corrected chi connectivity index (χ0v) is 16.4. The average Bonchev–Trinajstić information content (AvgIpc) is 2.69. The molecule has 0 bridgehead atoms. The third kappa shape index (κ3) is 4.87. The molecule has 2 aliphatic rings. The number of amides is 2. The van der Waals surface area contributed by atoms with Crippen molar-refractivity contribution in [2.75, 3.05) is 40.4 Å². The molecule has 2 aliphatic heterocycles. The summed E-state index contributed by atoms with van der Waals surface area (Å²) in [5.41, 5.74) is 2.88. The number of likely N-dealkylation sites (tertiary alicyclic amines) is 1. The van der Waals surface area contributed by atoms with Gasteiger partial charge in [0.05, 0.1) is 18.6 Å². The number of fused-ring (bicyclic) bond motifs is 1. The molecule has 0 unspecified atom stereocenters. The molecule has 1 aromatic carbocycles. The highest BCUT2D eigenvalue weighted by Gasteiger charge is 2.37. The van der Waals surface area contributed by atoms with Crippen LogP contribution in [0.2, 0.25) is 0 Å². The van der Waals surface area contributed by atoms with Crippen molar-refractivity contribution in [3.63, 3.8) is 0 Å². The highest BCUT2D eigenvalue weighted by molar-refractivity contribution is 5.84. The van der Waals surface area contributed by atoms with E-state index < -0.39 is 0 Å². The normalized spacial score (nSPS) is 23.2. The first-order chi connectivity index (χ1) is 13.1. The summed E-state index contributed by atoms with van der Waals surface area (Å²) in [7, 11) is 3.37. The van der Waals surface area contributed by atoms with Crippen LogP contribution in [0, 0.1) is 5.92 Å². The van der Waals surface area contributed by atoms with Gasteiger partial charge in [0.1, 0.15) is 0 Å². The van der Waals surface area contributed by atoms with Gasteiger partial charge in [-0.05, 0) is 30.4 Å². The van der Waals surface area contributed by atoms with Gasteiger partial charge in [0.25, 0.3) is 0 Å². The molecule has 6 heteroatoms. The van der Waals surface area contributed by atoms with Gasteiger partial charge in [-0.1, -0.05) is 24.3 Å². The number of benzene rings is 1. The molecule has 0 spiro atoms. The van der Waals surface area contributed by atoms with Gasteiger partial charge < -0.3 is 15.0 Å². The fraction of sp³-hybridized carbons (Fsp3) is 0.619. The summed E-state index contributed by atoms with van der Waals surface area (Å²) < 4.78 is 5.23. The van der Waals surface area contributed by atoms with Crippen LogP contribution in [0.1, 0.15) is 30.4 Å². The van der Waals surface area contributed by atoms with Crippen LogP contribution in [0.3, 0.4) is 0 Å². The van der Waals surface area contributed by atoms with Gasteiger partial charge in [-0.25, -0.2) is 0 Å². The molecule has 0 radical (unpaired) electrons. The van der Waals surface area contributed by atoms with Gasteiger partial charge in [0.15, 0.2) is 0 Å². The Kier molecular flexibility index (Phi) is 6.85. The van der Waals surface area contributed by atoms with E-state index in [1.54, 1.807) is 19.1 Å². The summed E-state index contributed by atoms with van der Waals surface area (Å²) in [6, 6.07) is 8.46.